The van der Waals surface area contributed by atoms with Crippen LogP contribution < -0.4 is 5.32 Å². The standard InChI is InChI=1S/C35H38N4O8S/c1-22(2)19-27(37-35(46)47-21-23-11-4-3-5-12-23)32(42)39(28(34(44)45)20-24-13-8-9-17-36-24)33(43)29(48)16-10-18-38-30(40)25-14-6-7-15-26(25)31(38)41/h3-9,11-15,17,22,27-29,48H,10,16,18-21H2,1-2H3,(H,37,46)(H,44,45)/t27-,28-,29?/m0/s1. The van der Waals surface area contributed by atoms with E-state index in [-0.39, 0.29) is 44.8 Å². The van der Waals surface area contributed by atoms with E-state index < -0.39 is 53.0 Å². The molecule has 3 aromatic rings. The van der Waals surface area contributed by atoms with Gasteiger partial charge in [0, 0.05) is 24.9 Å². The number of thiol groups is 1. The minimum Gasteiger partial charge on any atom is -0.480 e. The van der Waals surface area contributed by atoms with Gasteiger partial charge in [0.25, 0.3) is 17.7 Å². The van der Waals surface area contributed by atoms with Gasteiger partial charge in [0.1, 0.15) is 18.7 Å². The average molecular weight is 675 g/mol. The van der Waals surface area contributed by atoms with Gasteiger partial charge in [-0.25, -0.2) is 9.59 Å². The van der Waals surface area contributed by atoms with Crippen LogP contribution in [0.15, 0.2) is 79.0 Å². The van der Waals surface area contributed by atoms with Gasteiger partial charge in [-0.15, -0.1) is 0 Å². The van der Waals surface area contributed by atoms with Crippen LogP contribution in [0.4, 0.5) is 4.79 Å². The number of fused-ring (bicyclic) bond motifs is 1. The van der Waals surface area contributed by atoms with Gasteiger partial charge in [0.15, 0.2) is 0 Å². The predicted octanol–water partition coefficient (Wildman–Crippen LogP) is 4.15. The maximum atomic E-state index is 14.2. The van der Waals surface area contributed by atoms with Crippen molar-refractivity contribution in [2.24, 2.45) is 5.92 Å². The van der Waals surface area contributed by atoms with Crippen molar-refractivity contribution >= 4 is 48.3 Å². The van der Waals surface area contributed by atoms with Gasteiger partial charge < -0.3 is 15.2 Å². The Morgan fingerprint density at radius 3 is 2.12 bits per heavy atom. The second kappa shape index (κ2) is 16.7. The smallest absolute Gasteiger partial charge is 0.408 e. The minimum atomic E-state index is -1.68. The molecule has 0 bridgehead atoms. The number of pyridine rings is 1. The number of carboxylic acids is 1. The number of carboxylic acid groups (broad SMARTS) is 1. The molecule has 252 valence electrons. The monoisotopic (exact) mass is 674 g/mol. The Morgan fingerprint density at radius 2 is 1.54 bits per heavy atom. The normalized spacial score (nSPS) is 14.2. The summed E-state index contributed by atoms with van der Waals surface area (Å²) in [5, 5.41) is 11.7. The van der Waals surface area contributed by atoms with Crippen LogP contribution in [-0.4, -0.2) is 79.5 Å². The summed E-state index contributed by atoms with van der Waals surface area (Å²) >= 11 is 4.45. The summed E-state index contributed by atoms with van der Waals surface area (Å²) in [7, 11) is 0. The lowest BCUT2D eigenvalue weighted by Gasteiger charge is -2.33. The first-order valence-electron chi connectivity index (χ1n) is 15.6. The average Bonchev–Trinajstić information content (AvgIpc) is 3.32. The van der Waals surface area contributed by atoms with Gasteiger partial charge in [0.05, 0.1) is 16.4 Å². The fourth-order valence-corrected chi connectivity index (χ4v) is 5.67. The van der Waals surface area contributed by atoms with Crippen molar-refractivity contribution in [2.75, 3.05) is 6.54 Å². The third kappa shape index (κ3) is 9.06. The van der Waals surface area contributed by atoms with Crippen LogP contribution in [-0.2, 0) is 32.1 Å². The van der Waals surface area contributed by atoms with E-state index in [0.29, 0.717) is 21.7 Å². The molecule has 0 aliphatic carbocycles. The van der Waals surface area contributed by atoms with Gasteiger partial charge in [-0.3, -0.25) is 34.0 Å². The SMILES string of the molecule is CC(C)C[C@H](NC(=O)OCc1ccccc1)C(=O)N(C(=O)C(S)CCCN1C(=O)c2ccccc2C1=O)[C@@H](Cc1ccccn1)C(=O)O. The molecule has 0 fully saturated rings. The lowest BCUT2D eigenvalue weighted by molar-refractivity contribution is -0.159. The van der Waals surface area contributed by atoms with Crippen molar-refractivity contribution in [1.82, 2.24) is 20.1 Å². The molecule has 12 nitrogen and oxygen atoms in total. The fraction of sp³-hybridized carbons (Fsp3) is 0.343. The molecule has 2 N–H and O–H groups in total. The summed E-state index contributed by atoms with van der Waals surface area (Å²) in [6, 6.07) is 17.3. The largest absolute Gasteiger partial charge is 0.480 e. The number of benzene rings is 2. The molecule has 0 saturated heterocycles. The highest BCUT2D eigenvalue weighted by Gasteiger charge is 2.41. The Labute approximate surface area is 283 Å². The van der Waals surface area contributed by atoms with Gasteiger partial charge >= 0.3 is 12.1 Å². The summed E-state index contributed by atoms with van der Waals surface area (Å²) in [6.07, 6.45) is 0.507. The van der Waals surface area contributed by atoms with E-state index in [1.54, 1.807) is 66.7 Å². The topological polar surface area (TPSA) is 163 Å². The molecule has 3 atom stereocenters. The highest BCUT2D eigenvalue weighted by molar-refractivity contribution is 7.81. The van der Waals surface area contributed by atoms with E-state index in [0.717, 1.165) is 10.5 Å². The van der Waals surface area contributed by atoms with Crippen molar-refractivity contribution in [1.29, 1.82) is 0 Å². The summed E-state index contributed by atoms with van der Waals surface area (Å²) < 4.78 is 5.32. The number of aliphatic carboxylic acids is 1. The van der Waals surface area contributed by atoms with Gasteiger partial charge in [-0.1, -0.05) is 62.4 Å². The molecule has 48 heavy (non-hydrogen) atoms. The first kappa shape index (κ1) is 35.8. The third-order valence-corrected chi connectivity index (χ3v) is 8.21. The molecule has 4 rings (SSSR count). The van der Waals surface area contributed by atoms with E-state index in [1.165, 1.54) is 6.20 Å². The highest BCUT2D eigenvalue weighted by atomic mass is 32.1. The number of hydrogen-bond acceptors (Lipinski definition) is 9. The van der Waals surface area contributed by atoms with Crippen LogP contribution >= 0.6 is 12.6 Å². The maximum absolute atomic E-state index is 14.2. The lowest BCUT2D eigenvalue weighted by atomic mass is 10.00. The number of nitrogens with one attached hydrogen (secondary N) is 1. The number of alkyl carbamates (subject to hydrolysis) is 1. The Kier molecular flexibility index (Phi) is 12.4. The number of aromatic nitrogens is 1. The van der Waals surface area contributed by atoms with Crippen LogP contribution in [0.3, 0.4) is 0 Å². The highest BCUT2D eigenvalue weighted by Crippen LogP contribution is 2.24. The summed E-state index contributed by atoms with van der Waals surface area (Å²) in [5.74, 6) is -4.33. The molecule has 0 spiro atoms. The summed E-state index contributed by atoms with van der Waals surface area (Å²) in [5.41, 5.74) is 1.63. The van der Waals surface area contributed by atoms with Crippen molar-refractivity contribution in [3.8, 4) is 0 Å². The Balaban J connectivity index is 1.53. The molecule has 0 saturated carbocycles. The molecule has 1 aliphatic rings. The van der Waals surface area contributed by atoms with Crippen LogP contribution in [0, 0.1) is 5.92 Å². The molecule has 2 heterocycles. The second-order valence-electron chi connectivity index (χ2n) is 11.8. The number of hydrogen-bond donors (Lipinski definition) is 3. The molecule has 5 amide bonds. The number of imide groups is 2. The fourth-order valence-electron chi connectivity index (χ4n) is 5.36. The molecule has 13 heteroatoms. The van der Waals surface area contributed by atoms with Crippen LogP contribution in [0.5, 0.6) is 0 Å². The zero-order valence-corrected chi connectivity index (χ0v) is 27.5. The number of ether oxygens (including phenoxy) is 1. The molecule has 1 unspecified atom stereocenters. The van der Waals surface area contributed by atoms with E-state index in [9.17, 15) is 33.9 Å². The second-order valence-corrected chi connectivity index (χ2v) is 12.4. The Morgan fingerprint density at radius 1 is 0.917 bits per heavy atom. The van der Waals surface area contributed by atoms with Gasteiger partial charge in [-0.05, 0) is 55.0 Å². The molecule has 0 radical (unpaired) electrons. The van der Waals surface area contributed by atoms with E-state index in [2.05, 4.69) is 22.9 Å². The predicted molar refractivity (Wildman–Crippen MR) is 178 cm³/mol. The zero-order valence-electron chi connectivity index (χ0n) is 26.7. The number of nitrogens with zero attached hydrogens (tertiary/aromatic N) is 3. The molecule has 1 aromatic heterocycles. The summed E-state index contributed by atoms with van der Waals surface area (Å²) in [6.45, 7) is 3.55. The maximum Gasteiger partial charge on any atom is 0.408 e. The van der Waals surface area contributed by atoms with Crippen LogP contribution in [0.2, 0.25) is 0 Å². The molecule has 2 aromatic carbocycles. The van der Waals surface area contributed by atoms with Crippen molar-refractivity contribution in [2.45, 2.75) is 63.5 Å². The van der Waals surface area contributed by atoms with Crippen LogP contribution in [0.1, 0.15) is 65.1 Å². The van der Waals surface area contributed by atoms with E-state index in [1.807, 2.05) is 19.9 Å². The van der Waals surface area contributed by atoms with Gasteiger partial charge in [-0.2, -0.15) is 12.6 Å². The Hall–Kier alpha value is -5.04. The third-order valence-electron chi connectivity index (χ3n) is 7.73. The molecular formula is C35H38N4O8S. The first-order valence-corrected chi connectivity index (χ1v) is 16.1. The van der Waals surface area contributed by atoms with Crippen LogP contribution in [0.25, 0.3) is 0 Å². The van der Waals surface area contributed by atoms with Crippen molar-refractivity contribution in [3.05, 3.63) is 101 Å². The van der Waals surface area contributed by atoms with Crippen molar-refractivity contribution < 1.29 is 38.6 Å². The lowest BCUT2D eigenvalue weighted by Crippen LogP contribution is -2.58. The number of carbonyl (C=O) groups excluding carboxylic acids is 5. The zero-order chi connectivity index (χ0) is 34.8. The molecular weight excluding hydrogens is 636 g/mol. The van der Waals surface area contributed by atoms with Gasteiger partial charge in [0.2, 0.25) is 5.91 Å². The number of carbonyl (C=O) groups is 6. The number of rotatable bonds is 15. The minimum absolute atomic E-state index is 0.00822. The summed E-state index contributed by atoms with van der Waals surface area (Å²) in [4.78, 5) is 85.2. The first-order chi connectivity index (χ1) is 23.0. The molecule has 1 aliphatic heterocycles. The van der Waals surface area contributed by atoms with E-state index in [4.69, 9.17) is 4.74 Å². The Bertz CT molecular complexity index is 1600. The van der Waals surface area contributed by atoms with Crippen molar-refractivity contribution in [3.63, 3.8) is 0 Å². The van der Waals surface area contributed by atoms with E-state index >= 15 is 0 Å². The number of amides is 5. The quantitative estimate of drug-likeness (QED) is 0.159.